The molecule has 0 saturated carbocycles. The van der Waals surface area contributed by atoms with Crippen LogP contribution in [0.25, 0.3) is 0 Å². The minimum Gasteiger partial charge on any atom is -0.392 e. The Morgan fingerprint density at radius 3 is 2.80 bits per heavy atom. The van der Waals surface area contributed by atoms with Gasteiger partial charge < -0.3 is 10.0 Å². The first-order valence-corrected chi connectivity index (χ1v) is 7.10. The molecule has 0 spiro atoms. The van der Waals surface area contributed by atoms with E-state index in [0.29, 0.717) is 5.56 Å². The predicted molar refractivity (Wildman–Crippen MR) is 70.0 cm³/mol. The molecule has 1 heterocycles. The minimum absolute atomic E-state index is 0.118. The van der Waals surface area contributed by atoms with Gasteiger partial charge in [0.15, 0.2) is 0 Å². The molecule has 0 bridgehead atoms. The fourth-order valence-electron chi connectivity index (χ4n) is 2.08. The highest BCUT2D eigenvalue weighted by atomic mass is 32.2. The number of hydrogen-bond donors (Lipinski definition) is 1. The zero-order valence-electron chi connectivity index (χ0n) is 10.7. The Hall–Kier alpha value is -1.21. The van der Waals surface area contributed by atoms with Crippen LogP contribution in [0.4, 0.5) is 13.2 Å². The van der Waals surface area contributed by atoms with E-state index in [1.807, 2.05) is 0 Å². The summed E-state index contributed by atoms with van der Waals surface area (Å²) >= 11 is 1.27. The zero-order chi connectivity index (χ0) is 14.9. The molecule has 1 aliphatic heterocycles. The Kier molecular flexibility index (Phi) is 4.29. The lowest BCUT2D eigenvalue weighted by Gasteiger charge is -2.25. The molecule has 1 N–H and O–H groups in total. The fourth-order valence-corrected chi connectivity index (χ4v) is 3.27. The molecule has 3 nitrogen and oxygen atoms in total. The molecule has 1 aromatic carbocycles. The highest BCUT2D eigenvalue weighted by Crippen LogP contribution is 2.40. The number of thioether (sulfide) groups is 1. The Balaban J connectivity index is 2.28. The number of β-amino-alcohol motifs (C(OH)–C–C–N with tert-alkyl or cyclic N) is 1. The van der Waals surface area contributed by atoms with Crippen LogP contribution < -0.4 is 0 Å². The van der Waals surface area contributed by atoms with E-state index >= 15 is 0 Å². The summed E-state index contributed by atoms with van der Waals surface area (Å²) in [5.74, 6) is 0.0477. The zero-order valence-corrected chi connectivity index (χ0v) is 11.5. The number of aliphatic hydroxyl groups excluding tert-OH is 1. The lowest BCUT2D eigenvalue weighted by atomic mass is 10.1. The van der Waals surface area contributed by atoms with Crippen molar-refractivity contribution in [2.24, 2.45) is 0 Å². The maximum atomic E-state index is 12.7. The number of amides is 1. The summed E-state index contributed by atoms with van der Waals surface area (Å²) in [7, 11) is 0. The molecule has 1 aromatic rings. The van der Waals surface area contributed by atoms with Crippen molar-refractivity contribution in [1.29, 1.82) is 0 Å². The van der Waals surface area contributed by atoms with Crippen LogP contribution in [-0.2, 0) is 11.0 Å². The van der Waals surface area contributed by atoms with Crippen molar-refractivity contribution in [1.82, 2.24) is 4.90 Å². The molecule has 2 rings (SSSR count). The molecule has 0 radical (unpaired) electrons. The van der Waals surface area contributed by atoms with Crippen molar-refractivity contribution in [3.05, 3.63) is 35.4 Å². The van der Waals surface area contributed by atoms with Crippen molar-refractivity contribution in [2.45, 2.75) is 24.6 Å². The van der Waals surface area contributed by atoms with Crippen LogP contribution >= 0.6 is 11.8 Å². The maximum absolute atomic E-state index is 12.7. The number of halogens is 3. The topological polar surface area (TPSA) is 40.5 Å². The van der Waals surface area contributed by atoms with Crippen molar-refractivity contribution in [2.75, 3.05) is 12.3 Å². The summed E-state index contributed by atoms with van der Waals surface area (Å²) in [4.78, 5) is 13.2. The van der Waals surface area contributed by atoms with Crippen LogP contribution in [0.5, 0.6) is 0 Å². The summed E-state index contributed by atoms with van der Waals surface area (Å²) < 4.78 is 38.1. The quantitative estimate of drug-likeness (QED) is 0.933. The first-order chi connectivity index (χ1) is 9.29. The van der Waals surface area contributed by atoms with E-state index < -0.39 is 23.2 Å². The third-order valence-corrected chi connectivity index (χ3v) is 4.18. The van der Waals surface area contributed by atoms with Crippen molar-refractivity contribution >= 4 is 17.7 Å². The summed E-state index contributed by atoms with van der Waals surface area (Å²) in [5, 5.41) is 8.92. The number of aliphatic hydroxyl groups is 1. The largest absolute Gasteiger partial charge is 0.416 e. The Labute approximate surface area is 118 Å². The van der Waals surface area contributed by atoms with Crippen LogP contribution in [0, 0.1) is 0 Å². The molecule has 2 unspecified atom stereocenters. The summed E-state index contributed by atoms with van der Waals surface area (Å²) in [5.41, 5.74) is -0.303. The number of rotatable bonds is 3. The maximum Gasteiger partial charge on any atom is 0.416 e. The Bertz CT molecular complexity index is 505. The molecule has 7 heteroatoms. The first kappa shape index (κ1) is 15.2. The third-order valence-electron chi connectivity index (χ3n) is 2.93. The summed E-state index contributed by atoms with van der Waals surface area (Å²) in [6.45, 7) is 1.66. The van der Waals surface area contributed by atoms with Gasteiger partial charge in [-0.2, -0.15) is 13.2 Å². The van der Waals surface area contributed by atoms with Crippen molar-refractivity contribution in [3.63, 3.8) is 0 Å². The second-order valence-corrected chi connectivity index (χ2v) is 5.75. The number of carbonyl (C=O) groups is 1. The second kappa shape index (κ2) is 5.65. The average molecular weight is 305 g/mol. The van der Waals surface area contributed by atoms with Crippen LogP contribution in [-0.4, -0.2) is 34.3 Å². The van der Waals surface area contributed by atoms with Gasteiger partial charge in [-0.25, -0.2) is 0 Å². The molecule has 2 atom stereocenters. The van der Waals surface area contributed by atoms with Gasteiger partial charge in [0, 0.05) is 6.54 Å². The van der Waals surface area contributed by atoms with E-state index in [2.05, 4.69) is 0 Å². The van der Waals surface area contributed by atoms with E-state index in [0.717, 1.165) is 12.1 Å². The molecular weight excluding hydrogens is 291 g/mol. The Morgan fingerprint density at radius 1 is 1.50 bits per heavy atom. The van der Waals surface area contributed by atoms with Gasteiger partial charge in [0.05, 0.1) is 17.4 Å². The monoisotopic (exact) mass is 305 g/mol. The molecule has 0 aromatic heterocycles. The van der Waals surface area contributed by atoms with E-state index in [-0.39, 0.29) is 18.2 Å². The number of carbonyl (C=O) groups excluding carboxylic acids is 1. The molecule has 0 aliphatic carbocycles. The predicted octanol–water partition coefficient (Wildman–Crippen LogP) is 2.66. The van der Waals surface area contributed by atoms with Gasteiger partial charge in [-0.3, -0.25) is 4.79 Å². The molecule has 1 aliphatic rings. The molecular formula is C13H14F3NO2S. The number of alkyl halides is 3. The standard InChI is InChI=1S/C13H14F3NO2S/c1-8(18)6-17-11(19)7-20-12(17)9-3-2-4-10(5-9)13(14,15)16/h2-5,8,12,18H,6-7H2,1H3. The molecule has 1 saturated heterocycles. The molecule has 110 valence electrons. The average Bonchev–Trinajstić information content (AvgIpc) is 2.70. The SMILES string of the molecule is CC(O)CN1C(=O)CSC1c1cccc(C(F)(F)F)c1. The van der Waals surface area contributed by atoms with Crippen LogP contribution in [0.1, 0.15) is 23.4 Å². The smallest absolute Gasteiger partial charge is 0.392 e. The van der Waals surface area contributed by atoms with Gasteiger partial charge in [0.25, 0.3) is 0 Å². The van der Waals surface area contributed by atoms with Crippen LogP contribution in [0.3, 0.4) is 0 Å². The fraction of sp³-hybridized carbons (Fsp3) is 0.462. The van der Waals surface area contributed by atoms with Gasteiger partial charge in [-0.1, -0.05) is 12.1 Å². The highest BCUT2D eigenvalue weighted by molar-refractivity contribution is 8.00. The third kappa shape index (κ3) is 3.27. The number of benzene rings is 1. The second-order valence-electron chi connectivity index (χ2n) is 4.68. The highest BCUT2D eigenvalue weighted by Gasteiger charge is 2.35. The normalized spacial score (nSPS) is 21.4. The number of nitrogens with zero attached hydrogens (tertiary/aromatic N) is 1. The number of hydrogen-bond acceptors (Lipinski definition) is 3. The lowest BCUT2D eigenvalue weighted by Crippen LogP contribution is -2.34. The van der Waals surface area contributed by atoms with Gasteiger partial charge in [-0.05, 0) is 24.6 Å². The van der Waals surface area contributed by atoms with E-state index in [1.54, 1.807) is 13.0 Å². The van der Waals surface area contributed by atoms with Crippen molar-refractivity contribution in [3.8, 4) is 0 Å². The van der Waals surface area contributed by atoms with E-state index in [1.165, 1.54) is 22.7 Å². The molecule has 1 fully saturated rings. The summed E-state index contributed by atoms with van der Waals surface area (Å²) in [6, 6.07) is 4.97. The molecule has 20 heavy (non-hydrogen) atoms. The van der Waals surface area contributed by atoms with E-state index in [9.17, 15) is 23.1 Å². The van der Waals surface area contributed by atoms with Gasteiger partial charge in [-0.15, -0.1) is 11.8 Å². The first-order valence-electron chi connectivity index (χ1n) is 6.05. The van der Waals surface area contributed by atoms with Gasteiger partial charge in [0.2, 0.25) is 5.91 Å². The van der Waals surface area contributed by atoms with Crippen molar-refractivity contribution < 1.29 is 23.1 Å². The summed E-state index contributed by atoms with van der Waals surface area (Å²) in [6.07, 6.45) is -5.12. The lowest BCUT2D eigenvalue weighted by molar-refractivity contribution is -0.137. The van der Waals surface area contributed by atoms with E-state index in [4.69, 9.17) is 0 Å². The minimum atomic E-state index is -4.40. The molecule has 1 amide bonds. The van der Waals surface area contributed by atoms with Crippen LogP contribution in [0.2, 0.25) is 0 Å². The Morgan fingerprint density at radius 2 is 2.20 bits per heavy atom. The van der Waals surface area contributed by atoms with Gasteiger partial charge >= 0.3 is 6.18 Å². The van der Waals surface area contributed by atoms with Gasteiger partial charge in [0.1, 0.15) is 5.37 Å². The van der Waals surface area contributed by atoms with Crippen LogP contribution in [0.15, 0.2) is 24.3 Å².